The molecule has 0 atom stereocenters. The number of rotatable bonds is 7. The Morgan fingerprint density at radius 3 is 2.38 bits per heavy atom. The van der Waals surface area contributed by atoms with Crippen LogP contribution in [0.2, 0.25) is 0 Å². The molecule has 1 saturated heterocycles. The van der Waals surface area contributed by atoms with Crippen molar-refractivity contribution in [1.82, 2.24) is 4.90 Å². The van der Waals surface area contributed by atoms with E-state index in [4.69, 9.17) is 0 Å². The van der Waals surface area contributed by atoms with Gasteiger partial charge in [0.05, 0.1) is 10.6 Å². The molecule has 0 aliphatic carbocycles. The summed E-state index contributed by atoms with van der Waals surface area (Å²) in [4.78, 5) is 15.1. The lowest BCUT2D eigenvalue weighted by Gasteiger charge is -2.26. The van der Waals surface area contributed by atoms with Gasteiger partial charge in [-0.15, -0.1) is 0 Å². The van der Waals surface area contributed by atoms with Crippen molar-refractivity contribution in [2.24, 2.45) is 0 Å². The van der Waals surface area contributed by atoms with Gasteiger partial charge in [0.25, 0.3) is 15.9 Å². The normalized spacial score (nSPS) is 14.5. The van der Waals surface area contributed by atoms with Crippen molar-refractivity contribution in [3.8, 4) is 0 Å². The number of para-hydroxylation sites is 1. The summed E-state index contributed by atoms with van der Waals surface area (Å²) in [6, 6.07) is 17.6. The van der Waals surface area contributed by atoms with Crippen LogP contribution in [0.4, 0.5) is 15.8 Å². The molecule has 0 spiro atoms. The molecule has 2 N–H and O–H groups in total. The molecule has 0 aromatic heterocycles. The number of benzene rings is 3. The van der Waals surface area contributed by atoms with E-state index in [1.165, 1.54) is 43.5 Å². The van der Waals surface area contributed by atoms with Crippen molar-refractivity contribution in [2.75, 3.05) is 23.1 Å². The standard InChI is InChI=1S/C26H28FN3O3S/c1-19-9-14-22(17-25(19)34(32,33)29-24-8-4-3-7-23(24)27)28-26(31)21-12-10-20(11-13-21)18-30-15-5-2-6-16-30/h3-4,7-14,17,29H,2,5-6,15-16,18H2,1H3,(H,28,31). The molecule has 0 saturated carbocycles. The second kappa shape index (κ2) is 10.4. The third-order valence-electron chi connectivity index (χ3n) is 5.92. The Hall–Kier alpha value is -3.23. The van der Waals surface area contributed by atoms with Crippen LogP contribution in [0.5, 0.6) is 0 Å². The Labute approximate surface area is 199 Å². The number of carbonyl (C=O) groups excluding carboxylic acids is 1. The summed E-state index contributed by atoms with van der Waals surface area (Å²) < 4.78 is 42.0. The zero-order valence-corrected chi connectivity index (χ0v) is 19.9. The first-order chi connectivity index (χ1) is 16.3. The van der Waals surface area contributed by atoms with Gasteiger partial charge in [-0.05, 0) is 80.4 Å². The zero-order valence-electron chi connectivity index (χ0n) is 19.1. The second-order valence-electron chi connectivity index (χ2n) is 8.55. The number of hydrogen-bond donors (Lipinski definition) is 2. The van der Waals surface area contributed by atoms with E-state index in [1.807, 2.05) is 12.1 Å². The largest absolute Gasteiger partial charge is 0.322 e. The number of hydrogen-bond acceptors (Lipinski definition) is 4. The van der Waals surface area contributed by atoms with Crippen LogP contribution in [-0.2, 0) is 16.6 Å². The molecule has 3 aromatic rings. The molecule has 1 fully saturated rings. The summed E-state index contributed by atoms with van der Waals surface area (Å²) in [5, 5.41) is 2.76. The van der Waals surface area contributed by atoms with Gasteiger partial charge in [0.15, 0.2) is 0 Å². The highest BCUT2D eigenvalue weighted by Crippen LogP contribution is 2.24. The van der Waals surface area contributed by atoms with E-state index in [1.54, 1.807) is 37.3 Å². The van der Waals surface area contributed by atoms with Gasteiger partial charge in [0.2, 0.25) is 0 Å². The average Bonchev–Trinajstić information content (AvgIpc) is 2.83. The summed E-state index contributed by atoms with van der Waals surface area (Å²) in [6.07, 6.45) is 3.74. The number of amides is 1. The van der Waals surface area contributed by atoms with Crippen LogP contribution < -0.4 is 10.0 Å². The Balaban J connectivity index is 1.46. The Morgan fingerprint density at radius 1 is 0.971 bits per heavy atom. The van der Waals surface area contributed by atoms with E-state index in [-0.39, 0.29) is 16.5 Å². The van der Waals surface area contributed by atoms with Crippen LogP contribution >= 0.6 is 0 Å². The van der Waals surface area contributed by atoms with Crippen LogP contribution in [0, 0.1) is 12.7 Å². The van der Waals surface area contributed by atoms with Crippen LogP contribution in [0.25, 0.3) is 0 Å². The maximum Gasteiger partial charge on any atom is 0.262 e. The molecule has 4 rings (SSSR count). The van der Waals surface area contributed by atoms with E-state index < -0.39 is 15.8 Å². The number of carbonyl (C=O) groups is 1. The third-order valence-corrected chi connectivity index (χ3v) is 7.43. The van der Waals surface area contributed by atoms with E-state index >= 15 is 0 Å². The van der Waals surface area contributed by atoms with Crippen LogP contribution in [-0.4, -0.2) is 32.3 Å². The van der Waals surface area contributed by atoms with Crippen LogP contribution in [0.15, 0.2) is 71.6 Å². The molecule has 6 nitrogen and oxygen atoms in total. The molecule has 1 amide bonds. The number of piperidine rings is 1. The summed E-state index contributed by atoms with van der Waals surface area (Å²) in [5.74, 6) is -1.00. The van der Waals surface area contributed by atoms with Gasteiger partial charge < -0.3 is 5.32 Å². The molecule has 1 aliphatic heterocycles. The minimum Gasteiger partial charge on any atom is -0.322 e. The van der Waals surface area contributed by atoms with Gasteiger partial charge in [-0.25, -0.2) is 12.8 Å². The number of nitrogens with one attached hydrogen (secondary N) is 2. The predicted octanol–water partition coefficient (Wildman–Crippen LogP) is 5.17. The lowest BCUT2D eigenvalue weighted by Crippen LogP contribution is -2.29. The first-order valence-electron chi connectivity index (χ1n) is 11.3. The molecule has 178 valence electrons. The van der Waals surface area contributed by atoms with E-state index in [0.29, 0.717) is 16.8 Å². The van der Waals surface area contributed by atoms with Crippen molar-refractivity contribution < 1.29 is 17.6 Å². The van der Waals surface area contributed by atoms with Crippen LogP contribution in [0.1, 0.15) is 40.7 Å². The highest BCUT2D eigenvalue weighted by molar-refractivity contribution is 7.92. The van der Waals surface area contributed by atoms with E-state index in [2.05, 4.69) is 14.9 Å². The van der Waals surface area contributed by atoms with Crippen molar-refractivity contribution in [2.45, 2.75) is 37.6 Å². The number of anilines is 2. The van der Waals surface area contributed by atoms with E-state index in [9.17, 15) is 17.6 Å². The monoisotopic (exact) mass is 481 g/mol. The lowest BCUT2D eigenvalue weighted by molar-refractivity contribution is 0.102. The zero-order chi connectivity index (χ0) is 24.1. The predicted molar refractivity (Wildman–Crippen MR) is 132 cm³/mol. The van der Waals surface area contributed by atoms with Gasteiger partial charge in [-0.1, -0.05) is 36.8 Å². The minimum atomic E-state index is -4.06. The minimum absolute atomic E-state index is 0.0366. The molecule has 1 aliphatic rings. The molecule has 0 bridgehead atoms. The summed E-state index contributed by atoms with van der Waals surface area (Å²) in [7, 11) is -4.06. The average molecular weight is 482 g/mol. The van der Waals surface area contributed by atoms with Gasteiger partial charge in [0.1, 0.15) is 5.82 Å². The van der Waals surface area contributed by atoms with Gasteiger partial charge in [-0.3, -0.25) is 14.4 Å². The van der Waals surface area contributed by atoms with Crippen molar-refractivity contribution in [1.29, 1.82) is 0 Å². The summed E-state index contributed by atoms with van der Waals surface area (Å²) in [5.41, 5.74) is 2.31. The molecule has 1 heterocycles. The molecular weight excluding hydrogens is 453 g/mol. The van der Waals surface area contributed by atoms with Gasteiger partial charge in [0, 0.05) is 17.8 Å². The smallest absolute Gasteiger partial charge is 0.262 e. The quantitative estimate of drug-likeness (QED) is 0.488. The number of aryl methyl sites for hydroxylation is 1. The fourth-order valence-electron chi connectivity index (χ4n) is 4.05. The third kappa shape index (κ3) is 5.81. The summed E-state index contributed by atoms with van der Waals surface area (Å²) >= 11 is 0. The van der Waals surface area contributed by atoms with Crippen molar-refractivity contribution in [3.05, 3.63) is 89.2 Å². The fourth-order valence-corrected chi connectivity index (χ4v) is 5.39. The SMILES string of the molecule is Cc1ccc(NC(=O)c2ccc(CN3CCCCC3)cc2)cc1S(=O)(=O)Nc1ccccc1F. The molecule has 34 heavy (non-hydrogen) atoms. The first kappa shape index (κ1) is 23.9. The Morgan fingerprint density at radius 2 is 1.68 bits per heavy atom. The fraction of sp³-hybridized carbons (Fsp3) is 0.269. The highest BCUT2D eigenvalue weighted by Gasteiger charge is 2.20. The number of halogens is 1. The summed E-state index contributed by atoms with van der Waals surface area (Å²) in [6.45, 7) is 4.72. The maximum absolute atomic E-state index is 13.9. The number of likely N-dealkylation sites (tertiary alicyclic amines) is 1. The van der Waals surface area contributed by atoms with E-state index in [0.717, 1.165) is 25.2 Å². The van der Waals surface area contributed by atoms with Crippen molar-refractivity contribution >= 4 is 27.3 Å². The maximum atomic E-state index is 13.9. The lowest BCUT2D eigenvalue weighted by atomic mass is 10.1. The Bertz CT molecular complexity index is 1270. The molecule has 8 heteroatoms. The molecule has 3 aromatic carbocycles. The van der Waals surface area contributed by atoms with Crippen molar-refractivity contribution in [3.63, 3.8) is 0 Å². The number of sulfonamides is 1. The van der Waals surface area contributed by atoms with Crippen LogP contribution in [0.3, 0.4) is 0 Å². The van der Waals surface area contributed by atoms with Gasteiger partial charge in [-0.2, -0.15) is 0 Å². The molecular formula is C26H28FN3O3S. The number of nitrogens with zero attached hydrogens (tertiary/aromatic N) is 1. The molecule has 0 radical (unpaired) electrons. The highest BCUT2D eigenvalue weighted by atomic mass is 32.2. The Kier molecular flexibility index (Phi) is 7.29. The first-order valence-corrected chi connectivity index (χ1v) is 12.8. The van der Waals surface area contributed by atoms with Gasteiger partial charge >= 0.3 is 0 Å². The molecule has 0 unspecified atom stereocenters. The topological polar surface area (TPSA) is 78.5 Å². The second-order valence-corrected chi connectivity index (χ2v) is 10.2.